The lowest BCUT2D eigenvalue weighted by Crippen LogP contribution is -2.30. The highest BCUT2D eigenvalue weighted by molar-refractivity contribution is 6.32. The highest BCUT2D eigenvalue weighted by Gasteiger charge is 2.17. The zero-order chi connectivity index (χ0) is 23.1. The fourth-order valence-corrected chi connectivity index (χ4v) is 3.06. The van der Waals surface area contributed by atoms with Crippen molar-refractivity contribution in [2.75, 3.05) is 6.54 Å². The number of rotatable bonds is 7. The van der Waals surface area contributed by atoms with Gasteiger partial charge in [0.15, 0.2) is 0 Å². The van der Waals surface area contributed by atoms with Gasteiger partial charge in [-0.2, -0.15) is 5.26 Å². The lowest BCUT2D eigenvalue weighted by molar-refractivity contribution is -0.384. The Morgan fingerprint density at radius 1 is 1.09 bits per heavy atom. The number of nitrogens with zero attached hydrogens (tertiary/aromatic N) is 2. The molecule has 3 aromatic rings. The molecule has 32 heavy (non-hydrogen) atoms. The Morgan fingerprint density at radius 3 is 2.50 bits per heavy atom. The fraction of sp³-hybridized carbons (Fsp3) is 0.0870. The Hall–Kier alpha value is -4.22. The number of halogens is 1. The molecule has 0 saturated carbocycles. The molecule has 0 aliphatic carbocycles. The van der Waals surface area contributed by atoms with Gasteiger partial charge in [-0.3, -0.25) is 19.7 Å². The monoisotopic (exact) mass is 449 g/mol. The van der Waals surface area contributed by atoms with Crippen molar-refractivity contribution in [1.82, 2.24) is 5.32 Å². The molecule has 0 atom stereocenters. The predicted molar refractivity (Wildman–Crippen MR) is 117 cm³/mol. The molecule has 0 spiro atoms. The minimum absolute atomic E-state index is 0.00129. The number of benzene rings is 3. The normalized spacial score (nSPS) is 10.1. The number of hydrogen-bond acceptors (Lipinski definition) is 6. The second-order valence-corrected chi connectivity index (χ2v) is 7.03. The summed E-state index contributed by atoms with van der Waals surface area (Å²) in [7, 11) is 0. The zero-order valence-electron chi connectivity index (χ0n) is 16.6. The Bertz CT molecular complexity index is 1220. The highest BCUT2D eigenvalue weighted by atomic mass is 35.5. The van der Waals surface area contributed by atoms with E-state index in [2.05, 4.69) is 11.4 Å². The van der Waals surface area contributed by atoms with Gasteiger partial charge in [0.1, 0.15) is 18.2 Å². The van der Waals surface area contributed by atoms with Gasteiger partial charge in [-0.25, -0.2) is 0 Å². The van der Waals surface area contributed by atoms with Crippen molar-refractivity contribution in [3.05, 3.63) is 98.6 Å². The minimum Gasteiger partial charge on any atom is -0.460 e. The van der Waals surface area contributed by atoms with Crippen LogP contribution in [0.4, 0.5) is 5.69 Å². The number of nitro groups is 1. The summed E-state index contributed by atoms with van der Waals surface area (Å²) in [6, 6.07) is 20.2. The van der Waals surface area contributed by atoms with Gasteiger partial charge in [-0.05, 0) is 34.9 Å². The number of carbonyl (C=O) groups is 2. The standard InChI is InChI=1S/C23H16ClN3O5/c24-20-10-9-17(11-21(20)27(30)31)23(29)26-13-22(28)32-14-15-5-7-16(8-6-15)19-4-2-1-3-18(19)12-25/h1-11H,13-14H2,(H,26,29). The van der Waals surface area contributed by atoms with Crippen LogP contribution in [0.15, 0.2) is 66.7 Å². The van der Waals surface area contributed by atoms with E-state index < -0.39 is 29.0 Å². The van der Waals surface area contributed by atoms with Crippen LogP contribution in [0.3, 0.4) is 0 Å². The molecule has 0 bridgehead atoms. The van der Waals surface area contributed by atoms with E-state index in [0.717, 1.165) is 22.8 Å². The third-order valence-corrected chi connectivity index (χ3v) is 4.83. The molecule has 1 amide bonds. The molecule has 3 rings (SSSR count). The first-order valence-electron chi connectivity index (χ1n) is 9.35. The lowest BCUT2D eigenvalue weighted by atomic mass is 9.99. The van der Waals surface area contributed by atoms with Crippen LogP contribution in [-0.2, 0) is 16.1 Å². The van der Waals surface area contributed by atoms with Crippen molar-refractivity contribution >= 4 is 29.2 Å². The largest absolute Gasteiger partial charge is 0.460 e. The van der Waals surface area contributed by atoms with E-state index in [4.69, 9.17) is 16.3 Å². The Kier molecular flexibility index (Phi) is 7.16. The predicted octanol–water partition coefficient (Wildman–Crippen LogP) is 4.26. The average molecular weight is 450 g/mol. The van der Waals surface area contributed by atoms with Crippen LogP contribution in [0.5, 0.6) is 0 Å². The zero-order valence-corrected chi connectivity index (χ0v) is 17.3. The van der Waals surface area contributed by atoms with Crippen molar-refractivity contribution in [3.63, 3.8) is 0 Å². The van der Waals surface area contributed by atoms with Gasteiger partial charge in [0, 0.05) is 11.6 Å². The van der Waals surface area contributed by atoms with Crippen LogP contribution < -0.4 is 5.32 Å². The first kappa shape index (κ1) is 22.5. The Balaban J connectivity index is 1.53. The van der Waals surface area contributed by atoms with E-state index >= 15 is 0 Å². The first-order chi connectivity index (χ1) is 15.4. The molecule has 0 unspecified atom stereocenters. The third kappa shape index (κ3) is 5.47. The van der Waals surface area contributed by atoms with Gasteiger partial charge >= 0.3 is 5.97 Å². The number of nitriles is 1. The van der Waals surface area contributed by atoms with Crippen molar-refractivity contribution < 1.29 is 19.2 Å². The van der Waals surface area contributed by atoms with Crippen molar-refractivity contribution in [3.8, 4) is 17.2 Å². The van der Waals surface area contributed by atoms with E-state index in [1.165, 1.54) is 12.1 Å². The fourth-order valence-electron chi connectivity index (χ4n) is 2.88. The number of ether oxygens (including phenoxy) is 1. The topological polar surface area (TPSA) is 122 Å². The van der Waals surface area contributed by atoms with E-state index in [1.54, 1.807) is 24.3 Å². The van der Waals surface area contributed by atoms with Gasteiger partial charge in [0.25, 0.3) is 11.6 Å². The molecule has 8 nitrogen and oxygen atoms in total. The molecule has 0 aromatic heterocycles. The molecule has 0 aliphatic rings. The molecular formula is C23H16ClN3O5. The van der Waals surface area contributed by atoms with Crippen molar-refractivity contribution in [2.24, 2.45) is 0 Å². The molecule has 1 N–H and O–H groups in total. The smallest absolute Gasteiger partial charge is 0.325 e. The molecular weight excluding hydrogens is 434 g/mol. The molecule has 9 heteroatoms. The molecule has 0 fully saturated rings. The van der Waals surface area contributed by atoms with E-state index in [1.807, 2.05) is 24.3 Å². The second kappa shape index (κ2) is 10.2. The number of amides is 1. The minimum atomic E-state index is -0.697. The van der Waals surface area contributed by atoms with Crippen LogP contribution in [0, 0.1) is 21.4 Å². The summed E-state index contributed by atoms with van der Waals surface area (Å²) < 4.78 is 5.15. The molecule has 3 aromatic carbocycles. The third-order valence-electron chi connectivity index (χ3n) is 4.51. The average Bonchev–Trinajstić information content (AvgIpc) is 2.81. The summed E-state index contributed by atoms with van der Waals surface area (Å²) in [6.07, 6.45) is 0. The maximum atomic E-state index is 12.1. The molecule has 0 heterocycles. The molecule has 160 valence electrons. The SMILES string of the molecule is N#Cc1ccccc1-c1ccc(COC(=O)CNC(=O)c2ccc(Cl)c([N+](=O)[O-])c2)cc1. The maximum absolute atomic E-state index is 12.1. The van der Waals surface area contributed by atoms with Crippen molar-refractivity contribution in [1.29, 1.82) is 5.26 Å². The summed E-state index contributed by atoms with van der Waals surface area (Å²) in [5.41, 5.74) is 2.57. The number of carbonyl (C=O) groups excluding carboxylic acids is 2. The molecule has 0 aliphatic heterocycles. The number of nitrogens with one attached hydrogen (secondary N) is 1. The van der Waals surface area contributed by atoms with Crippen LogP contribution in [0.2, 0.25) is 5.02 Å². The summed E-state index contributed by atoms with van der Waals surface area (Å²) in [4.78, 5) is 34.3. The summed E-state index contributed by atoms with van der Waals surface area (Å²) in [5.74, 6) is -1.33. The van der Waals surface area contributed by atoms with Gasteiger partial charge in [-0.1, -0.05) is 54.1 Å². The molecule has 0 radical (unpaired) electrons. The Labute approximate surface area is 188 Å². The summed E-state index contributed by atoms with van der Waals surface area (Å²) in [6.45, 7) is -0.399. The number of hydrogen-bond donors (Lipinski definition) is 1. The van der Waals surface area contributed by atoms with Gasteiger partial charge < -0.3 is 10.1 Å². The number of nitro benzene ring substituents is 1. The first-order valence-corrected chi connectivity index (χ1v) is 9.73. The maximum Gasteiger partial charge on any atom is 0.325 e. The van der Waals surface area contributed by atoms with Crippen molar-refractivity contribution in [2.45, 2.75) is 6.61 Å². The van der Waals surface area contributed by atoms with E-state index in [0.29, 0.717) is 5.56 Å². The van der Waals surface area contributed by atoms with Crippen LogP contribution in [-0.4, -0.2) is 23.3 Å². The summed E-state index contributed by atoms with van der Waals surface area (Å²) in [5, 5.41) is 22.4. The molecule has 0 saturated heterocycles. The Morgan fingerprint density at radius 2 is 1.81 bits per heavy atom. The van der Waals surface area contributed by atoms with E-state index in [9.17, 15) is 25.0 Å². The second-order valence-electron chi connectivity index (χ2n) is 6.62. The van der Waals surface area contributed by atoms with Crippen LogP contribution in [0.25, 0.3) is 11.1 Å². The van der Waals surface area contributed by atoms with Gasteiger partial charge in [0.05, 0.1) is 16.6 Å². The lowest BCUT2D eigenvalue weighted by Gasteiger charge is -2.08. The number of esters is 1. The van der Waals surface area contributed by atoms with Gasteiger partial charge in [0.2, 0.25) is 0 Å². The van der Waals surface area contributed by atoms with Gasteiger partial charge in [-0.15, -0.1) is 0 Å². The van der Waals surface area contributed by atoms with E-state index in [-0.39, 0.29) is 17.2 Å². The van der Waals surface area contributed by atoms with Crippen LogP contribution in [0.1, 0.15) is 21.5 Å². The highest BCUT2D eigenvalue weighted by Crippen LogP contribution is 2.25. The quantitative estimate of drug-likeness (QED) is 0.326. The summed E-state index contributed by atoms with van der Waals surface area (Å²) >= 11 is 5.72. The van der Waals surface area contributed by atoms with Crippen LogP contribution >= 0.6 is 11.6 Å².